The van der Waals surface area contributed by atoms with Crippen LogP contribution >= 0.6 is 11.6 Å². The van der Waals surface area contributed by atoms with Crippen LogP contribution in [0.15, 0.2) is 29.3 Å². The Balaban J connectivity index is 2.04. The molecule has 2 N–H and O–H groups in total. The minimum atomic E-state index is 0.544. The van der Waals surface area contributed by atoms with Gasteiger partial charge >= 0.3 is 0 Å². The molecule has 0 heterocycles. The summed E-state index contributed by atoms with van der Waals surface area (Å²) in [5.74, 6) is 1.55. The van der Waals surface area contributed by atoms with Crippen LogP contribution in [0.25, 0.3) is 0 Å². The van der Waals surface area contributed by atoms with Gasteiger partial charge in [0.2, 0.25) is 0 Å². The third kappa shape index (κ3) is 9.99. The highest BCUT2D eigenvalue weighted by molar-refractivity contribution is 6.30. The van der Waals surface area contributed by atoms with Gasteiger partial charge in [0, 0.05) is 32.3 Å². The zero-order valence-electron chi connectivity index (χ0n) is 13.8. The molecule has 0 aliphatic carbocycles. The summed E-state index contributed by atoms with van der Waals surface area (Å²) in [7, 11) is 3.40. The molecular weight excluding hydrogens is 318 g/mol. The van der Waals surface area contributed by atoms with Crippen LogP contribution in [0, 0.1) is 0 Å². The second kappa shape index (κ2) is 13.0. The largest absolute Gasteiger partial charge is 0.492 e. The summed E-state index contributed by atoms with van der Waals surface area (Å²) < 4.78 is 15.9. The van der Waals surface area contributed by atoms with Crippen LogP contribution in [-0.4, -0.2) is 59.6 Å². The van der Waals surface area contributed by atoms with Gasteiger partial charge in [-0.25, -0.2) is 0 Å². The fourth-order valence-corrected chi connectivity index (χ4v) is 1.84. The average Bonchev–Trinajstić information content (AvgIpc) is 2.57. The summed E-state index contributed by atoms with van der Waals surface area (Å²) in [5, 5.41) is 7.11. The van der Waals surface area contributed by atoms with Gasteiger partial charge in [-0.3, -0.25) is 4.99 Å². The van der Waals surface area contributed by atoms with Crippen molar-refractivity contribution in [1.82, 2.24) is 10.6 Å². The molecule has 0 aromatic heterocycles. The molecule has 0 atom stereocenters. The lowest BCUT2D eigenvalue weighted by atomic mass is 10.3. The van der Waals surface area contributed by atoms with Crippen molar-refractivity contribution >= 4 is 17.6 Å². The highest BCUT2D eigenvalue weighted by Crippen LogP contribution is 2.14. The predicted molar refractivity (Wildman–Crippen MR) is 93.6 cm³/mol. The normalized spacial score (nSPS) is 11.3. The number of benzene rings is 1. The molecule has 6 nitrogen and oxygen atoms in total. The molecule has 1 aromatic carbocycles. The molecule has 0 fully saturated rings. The van der Waals surface area contributed by atoms with E-state index in [1.54, 1.807) is 26.3 Å². The lowest BCUT2D eigenvalue weighted by molar-refractivity contribution is 0.0698. The Labute approximate surface area is 143 Å². The SMILES string of the molecule is CN=C(NCCCOCCOC)NCCOc1ccc(Cl)cc1. The molecule has 0 unspecified atom stereocenters. The molecule has 130 valence electrons. The van der Waals surface area contributed by atoms with Gasteiger partial charge in [-0.1, -0.05) is 11.6 Å². The van der Waals surface area contributed by atoms with E-state index in [2.05, 4.69) is 15.6 Å². The summed E-state index contributed by atoms with van der Waals surface area (Å²) in [6.45, 7) is 3.96. The lowest BCUT2D eigenvalue weighted by Gasteiger charge is -2.12. The molecule has 23 heavy (non-hydrogen) atoms. The number of nitrogens with one attached hydrogen (secondary N) is 2. The van der Waals surface area contributed by atoms with Crippen LogP contribution in [0.3, 0.4) is 0 Å². The van der Waals surface area contributed by atoms with Crippen LogP contribution in [0.1, 0.15) is 6.42 Å². The van der Waals surface area contributed by atoms with Gasteiger partial charge in [0.1, 0.15) is 12.4 Å². The fraction of sp³-hybridized carbons (Fsp3) is 0.562. The van der Waals surface area contributed by atoms with Crippen LogP contribution in [0.2, 0.25) is 5.02 Å². The molecule has 7 heteroatoms. The molecule has 0 aliphatic rings. The molecule has 0 radical (unpaired) electrons. The second-order valence-electron chi connectivity index (χ2n) is 4.69. The summed E-state index contributed by atoms with van der Waals surface area (Å²) >= 11 is 5.82. The minimum Gasteiger partial charge on any atom is -0.492 e. The van der Waals surface area contributed by atoms with E-state index < -0.39 is 0 Å². The van der Waals surface area contributed by atoms with Gasteiger partial charge in [-0.05, 0) is 30.7 Å². The number of guanidine groups is 1. The highest BCUT2D eigenvalue weighted by Gasteiger charge is 1.98. The van der Waals surface area contributed by atoms with E-state index in [1.807, 2.05) is 12.1 Å². The first-order valence-corrected chi connectivity index (χ1v) is 8.03. The lowest BCUT2D eigenvalue weighted by Crippen LogP contribution is -2.39. The first kappa shape index (κ1) is 19.5. The van der Waals surface area contributed by atoms with Gasteiger partial charge in [-0.15, -0.1) is 0 Å². The predicted octanol–water partition coefficient (Wildman–Crippen LogP) is 1.94. The third-order valence-electron chi connectivity index (χ3n) is 2.89. The maximum Gasteiger partial charge on any atom is 0.191 e. The van der Waals surface area contributed by atoms with Crippen molar-refractivity contribution in [3.05, 3.63) is 29.3 Å². The van der Waals surface area contributed by atoms with Crippen molar-refractivity contribution in [1.29, 1.82) is 0 Å². The van der Waals surface area contributed by atoms with Gasteiger partial charge < -0.3 is 24.8 Å². The Bertz CT molecular complexity index is 441. The number of rotatable bonds is 11. The third-order valence-corrected chi connectivity index (χ3v) is 3.14. The molecule has 0 spiro atoms. The van der Waals surface area contributed by atoms with E-state index in [-0.39, 0.29) is 0 Å². The van der Waals surface area contributed by atoms with Gasteiger partial charge in [0.25, 0.3) is 0 Å². The number of nitrogens with zero attached hydrogens (tertiary/aromatic N) is 1. The van der Waals surface area contributed by atoms with Crippen molar-refractivity contribution in [2.75, 3.05) is 53.7 Å². The number of methoxy groups -OCH3 is 1. The molecule has 0 saturated carbocycles. The average molecular weight is 344 g/mol. The quantitative estimate of drug-likeness (QED) is 0.365. The Morgan fingerprint density at radius 2 is 1.78 bits per heavy atom. The highest BCUT2D eigenvalue weighted by atomic mass is 35.5. The number of hydrogen-bond acceptors (Lipinski definition) is 4. The zero-order valence-corrected chi connectivity index (χ0v) is 14.6. The topological polar surface area (TPSA) is 64.1 Å². The molecule has 1 aromatic rings. The van der Waals surface area contributed by atoms with Crippen LogP contribution in [-0.2, 0) is 9.47 Å². The Hall–Kier alpha value is -1.50. The molecular formula is C16H26ClN3O3. The maximum atomic E-state index is 5.82. The van der Waals surface area contributed by atoms with E-state index in [1.165, 1.54) is 0 Å². The standard InChI is InChI=1S/C16H26ClN3O3/c1-18-16(19-8-3-10-22-13-12-21-2)20-9-11-23-15-6-4-14(17)5-7-15/h4-7H,3,8-13H2,1-2H3,(H2,18,19,20). The van der Waals surface area contributed by atoms with Crippen molar-refractivity contribution in [3.8, 4) is 5.75 Å². The van der Waals surface area contributed by atoms with Gasteiger partial charge in [0.05, 0.1) is 19.8 Å². The van der Waals surface area contributed by atoms with E-state index in [0.29, 0.717) is 38.0 Å². The summed E-state index contributed by atoms with van der Waals surface area (Å²) in [6, 6.07) is 7.30. The smallest absolute Gasteiger partial charge is 0.191 e. The number of ether oxygens (including phenoxy) is 3. The molecule has 0 aliphatic heterocycles. The van der Waals surface area contributed by atoms with Crippen molar-refractivity contribution in [3.63, 3.8) is 0 Å². The Morgan fingerprint density at radius 1 is 1.04 bits per heavy atom. The van der Waals surface area contributed by atoms with Crippen LogP contribution in [0.4, 0.5) is 0 Å². The summed E-state index contributed by atoms with van der Waals surface area (Å²) in [5.41, 5.74) is 0. The molecule has 0 bridgehead atoms. The molecule has 0 amide bonds. The number of hydrogen-bond donors (Lipinski definition) is 2. The van der Waals surface area contributed by atoms with E-state index in [4.69, 9.17) is 25.8 Å². The fourth-order valence-electron chi connectivity index (χ4n) is 1.72. The first-order valence-electron chi connectivity index (χ1n) is 7.66. The van der Waals surface area contributed by atoms with Crippen LogP contribution in [0.5, 0.6) is 5.75 Å². The van der Waals surface area contributed by atoms with Crippen molar-refractivity contribution in [2.45, 2.75) is 6.42 Å². The second-order valence-corrected chi connectivity index (χ2v) is 5.12. The van der Waals surface area contributed by atoms with Gasteiger partial charge in [-0.2, -0.15) is 0 Å². The summed E-state index contributed by atoms with van der Waals surface area (Å²) in [4.78, 5) is 4.15. The Morgan fingerprint density at radius 3 is 2.48 bits per heavy atom. The van der Waals surface area contributed by atoms with E-state index in [9.17, 15) is 0 Å². The van der Waals surface area contributed by atoms with E-state index >= 15 is 0 Å². The number of halogens is 1. The van der Waals surface area contributed by atoms with Crippen molar-refractivity contribution in [2.24, 2.45) is 4.99 Å². The number of aliphatic imine (C=N–C) groups is 1. The molecule has 1 rings (SSSR count). The monoisotopic (exact) mass is 343 g/mol. The van der Waals surface area contributed by atoms with Gasteiger partial charge in [0.15, 0.2) is 5.96 Å². The zero-order chi connectivity index (χ0) is 16.8. The summed E-state index contributed by atoms with van der Waals surface area (Å²) in [6.07, 6.45) is 0.908. The first-order chi connectivity index (χ1) is 11.3. The molecule has 0 saturated heterocycles. The van der Waals surface area contributed by atoms with E-state index in [0.717, 1.165) is 24.7 Å². The minimum absolute atomic E-state index is 0.544. The van der Waals surface area contributed by atoms with Crippen LogP contribution < -0.4 is 15.4 Å². The maximum absolute atomic E-state index is 5.82. The van der Waals surface area contributed by atoms with Crippen molar-refractivity contribution < 1.29 is 14.2 Å². The Kier molecular flexibility index (Phi) is 11.0.